The first-order valence-corrected chi connectivity index (χ1v) is 7.02. The molecule has 0 spiro atoms. The molecule has 0 saturated carbocycles. The molecule has 0 aromatic carbocycles. The molecule has 0 aliphatic rings. The second-order valence-corrected chi connectivity index (χ2v) is 6.02. The number of pyridine rings is 1. The first kappa shape index (κ1) is 14.1. The fourth-order valence-electron chi connectivity index (χ4n) is 1.13. The van der Waals surface area contributed by atoms with Crippen LogP contribution in [-0.2, 0) is 16.6 Å². The van der Waals surface area contributed by atoms with Gasteiger partial charge in [-0.25, -0.2) is 18.1 Å². The summed E-state index contributed by atoms with van der Waals surface area (Å²) in [4.78, 5) is 3.90. The van der Waals surface area contributed by atoms with Crippen LogP contribution in [0.25, 0.3) is 0 Å². The van der Waals surface area contributed by atoms with E-state index < -0.39 is 10.0 Å². The highest BCUT2D eigenvalue weighted by Gasteiger charge is 2.20. The van der Waals surface area contributed by atoms with Gasteiger partial charge in [-0.3, -0.25) is 0 Å². The maximum Gasteiger partial charge on any atom is 0.258 e. The number of hydrogen-bond donors (Lipinski definition) is 2. The SMILES string of the molecule is CC(C)C(C)NS(=O)(=O)c1ccc(CN)cn1. The number of nitrogens with two attached hydrogens (primary N) is 1. The van der Waals surface area contributed by atoms with Gasteiger partial charge in [0.15, 0.2) is 5.03 Å². The zero-order valence-corrected chi connectivity index (χ0v) is 11.2. The van der Waals surface area contributed by atoms with Gasteiger partial charge in [0.2, 0.25) is 0 Å². The second kappa shape index (κ2) is 5.57. The second-order valence-electron chi connectivity index (χ2n) is 4.36. The summed E-state index contributed by atoms with van der Waals surface area (Å²) in [6, 6.07) is 3.01. The van der Waals surface area contributed by atoms with Crippen molar-refractivity contribution in [2.24, 2.45) is 11.7 Å². The highest BCUT2D eigenvalue weighted by Crippen LogP contribution is 2.09. The van der Waals surface area contributed by atoms with E-state index in [2.05, 4.69) is 9.71 Å². The Morgan fingerprint density at radius 2 is 2.00 bits per heavy atom. The largest absolute Gasteiger partial charge is 0.326 e. The summed E-state index contributed by atoms with van der Waals surface area (Å²) in [6.07, 6.45) is 1.48. The van der Waals surface area contributed by atoms with E-state index in [4.69, 9.17) is 5.73 Å². The average Bonchev–Trinajstić information content (AvgIpc) is 2.28. The highest BCUT2D eigenvalue weighted by molar-refractivity contribution is 7.89. The Morgan fingerprint density at radius 1 is 1.35 bits per heavy atom. The van der Waals surface area contributed by atoms with Gasteiger partial charge in [0.05, 0.1) is 0 Å². The molecule has 0 fully saturated rings. The predicted octanol–water partition coefficient (Wildman–Crippen LogP) is 0.863. The van der Waals surface area contributed by atoms with Gasteiger partial charge in [-0.2, -0.15) is 0 Å². The van der Waals surface area contributed by atoms with Crippen LogP contribution in [0.5, 0.6) is 0 Å². The molecule has 3 N–H and O–H groups in total. The molecule has 17 heavy (non-hydrogen) atoms. The lowest BCUT2D eigenvalue weighted by molar-refractivity contribution is 0.475. The van der Waals surface area contributed by atoms with E-state index in [1.165, 1.54) is 12.3 Å². The van der Waals surface area contributed by atoms with Crippen LogP contribution in [0.1, 0.15) is 26.3 Å². The van der Waals surface area contributed by atoms with Crippen LogP contribution in [-0.4, -0.2) is 19.4 Å². The molecular formula is C11H19N3O2S. The van der Waals surface area contributed by atoms with E-state index in [1.54, 1.807) is 6.07 Å². The van der Waals surface area contributed by atoms with Crippen molar-refractivity contribution >= 4 is 10.0 Å². The summed E-state index contributed by atoms with van der Waals surface area (Å²) in [6.45, 7) is 6.09. The Balaban J connectivity index is 2.89. The Labute approximate surface area is 102 Å². The van der Waals surface area contributed by atoms with Crippen LogP contribution >= 0.6 is 0 Å². The van der Waals surface area contributed by atoms with Gasteiger partial charge in [-0.15, -0.1) is 0 Å². The topological polar surface area (TPSA) is 85.1 Å². The monoisotopic (exact) mass is 257 g/mol. The Morgan fingerprint density at radius 3 is 2.41 bits per heavy atom. The van der Waals surface area contributed by atoms with Crippen LogP contribution in [0, 0.1) is 5.92 Å². The molecule has 0 bridgehead atoms. The number of nitrogens with zero attached hydrogens (tertiary/aromatic N) is 1. The standard InChI is InChI=1S/C11H19N3O2S/c1-8(2)9(3)14-17(15,16)11-5-4-10(6-12)7-13-11/h4-5,7-9,14H,6,12H2,1-3H3. The lowest BCUT2D eigenvalue weighted by Gasteiger charge is -2.17. The summed E-state index contributed by atoms with van der Waals surface area (Å²) in [7, 11) is -3.53. The Bertz CT molecular complexity index is 454. The summed E-state index contributed by atoms with van der Waals surface area (Å²) < 4.78 is 26.5. The van der Waals surface area contributed by atoms with Crippen molar-refractivity contribution in [3.8, 4) is 0 Å². The molecule has 0 radical (unpaired) electrons. The van der Waals surface area contributed by atoms with Gasteiger partial charge >= 0.3 is 0 Å². The number of aromatic nitrogens is 1. The maximum atomic E-state index is 11.9. The van der Waals surface area contributed by atoms with Crippen molar-refractivity contribution in [1.29, 1.82) is 0 Å². The smallest absolute Gasteiger partial charge is 0.258 e. The van der Waals surface area contributed by atoms with E-state index in [9.17, 15) is 8.42 Å². The highest BCUT2D eigenvalue weighted by atomic mass is 32.2. The van der Waals surface area contributed by atoms with E-state index in [0.29, 0.717) is 6.54 Å². The zero-order chi connectivity index (χ0) is 13.1. The van der Waals surface area contributed by atoms with Crippen molar-refractivity contribution in [3.63, 3.8) is 0 Å². The van der Waals surface area contributed by atoms with Gasteiger partial charge in [0, 0.05) is 18.8 Å². The normalized spacial score (nSPS) is 13.9. The van der Waals surface area contributed by atoms with E-state index in [1.807, 2.05) is 20.8 Å². The summed E-state index contributed by atoms with van der Waals surface area (Å²) >= 11 is 0. The molecule has 1 atom stereocenters. The van der Waals surface area contributed by atoms with Crippen molar-refractivity contribution in [3.05, 3.63) is 23.9 Å². The van der Waals surface area contributed by atoms with Gasteiger partial charge in [0.1, 0.15) is 0 Å². The molecule has 0 amide bonds. The molecule has 1 heterocycles. The quantitative estimate of drug-likeness (QED) is 0.819. The van der Waals surface area contributed by atoms with Crippen LogP contribution in [0.15, 0.2) is 23.4 Å². The third kappa shape index (κ3) is 3.76. The summed E-state index contributed by atoms with van der Waals surface area (Å²) in [5.41, 5.74) is 6.23. The maximum absolute atomic E-state index is 11.9. The number of rotatable bonds is 5. The number of nitrogens with one attached hydrogen (secondary N) is 1. The molecule has 1 aromatic rings. The summed E-state index contributed by atoms with van der Waals surface area (Å²) in [5, 5.41) is 0.0298. The van der Waals surface area contributed by atoms with Crippen LogP contribution < -0.4 is 10.5 Å². The average molecular weight is 257 g/mol. The molecule has 6 heteroatoms. The third-order valence-electron chi connectivity index (χ3n) is 2.65. The lowest BCUT2D eigenvalue weighted by atomic mass is 10.1. The fourth-order valence-corrected chi connectivity index (χ4v) is 2.45. The summed E-state index contributed by atoms with van der Waals surface area (Å²) in [5.74, 6) is 0.230. The minimum Gasteiger partial charge on any atom is -0.326 e. The molecule has 0 aliphatic heterocycles. The van der Waals surface area contributed by atoms with Crippen molar-refractivity contribution in [2.75, 3.05) is 0 Å². The third-order valence-corrected chi connectivity index (χ3v) is 4.12. The molecule has 1 rings (SSSR count). The van der Waals surface area contributed by atoms with Crippen LogP contribution in [0.3, 0.4) is 0 Å². The number of hydrogen-bond acceptors (Lipinski definition) is 4. The van der Waals surface area contributed by atoms with E-state index in [0.717, 1.165) is 5.56 Å². The number of sulfonamides is 1. The minimum atomic E-state index is -3.53. The van der Waals surface area contributed by atoms with Crippen LogP contribution in [0.4, 0.5) is 0 Å². The van der Waals surface area contributed by atoms with Crippen molar-refractivity contribution < 1.29 is 8.42 Å². The Hall–Kier alpha value is -0.980. The van der Waals surface area contributed by atoms with E-state index in [-0.39, 0.29) is 17.0 Å². The van der Waals surface area contributed by atoms with Crippen LogP contribution in [0.2, 0.25) is 0 Å². The van der Waals surface area contributed by atoms with Crippen molar-refractivity contribution in [1.82, 2.24) is 9.71 Å². The first-order valence-electron chi connectivity index (χ1n) is 5.54. The van der Waals surface area contributed by atoms with E-state index >= 15 is 0 Å². The molecule has 0 saturated heterocycles. The Kier molecular flexibility index (Phi) is 4.62. The van der Waals surface area contributed by atoms with Gasteiger partial charge in [-0.1, -0.05) is 19.9 Å². The van der Waals surface area contributed by atoms with Gasteiger partial charge < -0.3 is 5.73 Å². The molecule has 1 aromatic heterocycles. The zero-order valence-electron chi connectivity index (χ0n) is 10.3. The van der Waals surface area contributed by atoms with Gasteiger partial charge in [0.25, 0.3) is 10.0 Å². The van der Waals surface area contributed by atoms with Crippen molar-refractivity contribution in [2.45, 2.75) is 38.4 Å². The molecule has 5 nitrogen and oxygen atoms in total. The lowest BCUT2D eigenvalue weighted by Crippen LogP contribution is -2.36. The van der Waals surface area contributed by atoms with Gasteiger partial charge in [-0.05, 0) is 24.5 Å². The fraction of sp³-hybridized carbons (Fsp3) is 0.545. The molecule has 1 unspecified atom stereocenters. The molecular weight excluding hydrogens is 238 g/mol. The molecule has 0 aliphatic carbocycles. The minimum absolute atomic E-state index is 0.0298. The predicted molar refractivity (Wildman–Crippen MR) is 66.7 cm³/mol. The first-order chi connectivity index (χ1) is 7.86. The molecule has 96 valence electrons.